The third-order valence-electron chi connectivity index (χ3n) is 2.55. The normalized spacial score (nSPS) is 16.0. The Kier molecular flexibility index (Phi) is 3.66. The van der Waals surface area contributed by atoms with E-state index in [2.05, 4.69) is 4.74 Å². The lowest BCUT2D eigenvalue weighted by Crippen LogP contribution is -2.01. The molecule has 0 saturated carbocycles. The molecule has 0 atom stereocenters. The van der Waals surface area contributed by atoms with E-state index in [9.17, 15) is 9.59 Å². The van der Waals surface area contributed by atoms with Crippen molar-refractivity contribution in [2.24, 2.45) is 0 Å². The number of carbonyl (C=O) groups excluding carboxylic acids is 2. The molecule has 1 aliphatic rings. The number of benzene rings is 1. The van der Waals surface area contributed by atoms with Gasteiger partial charge in [-0.1, -0.05) is 0 Å². The lowest BCUT2D eigenvalue weighted by molar-refractivity contribution is -0.135. The minimum Gasteiger partial charge on any atom is -0.497 e. The van der Waals surface area contributed by atoms with Crippen molar-refractivity contribution in [2.75, 3.05) is 14.2 Å². The highest BCUT2D eigenvalue weighted by atomic mass is 16.5. The molecule has 98 valence electrons. The molecule has 5 nitrogen and oxygen atoms in total. The summed E-state index contributed by atoms with van der Waals surface area (Å²) in [5.74, 6) is 0.0587. The van der Waals surface area contributed by atoms with Crippen LogP contribution >= 0.6 is 0 Å². The van der Waals surface area contributed by atoms with E-state index < -0.39 is 5.97 Å². The van der Waals surface area contributed by atoms with Gasteiger partial charge in [-0.3, -0.25) is 4.79 Å². The summed E-state index contributed by atoms with van der Waals surface area (Å²) in [7, 11) is 2.80. The van der Waals surface area contributed by atoms with Crippen molar-refractivity contribution in [2.45, 2.75) is 0 Å². The lowest BCUT2D eigenvalue weighted by atomic mass is 10.1. The van der Waals surface area contributed by atoms with E-state index in [1.807, 2.05) is 0 Å². The van der Waals surface area contributed by atoms with Gasteiger partial charge in [0.15, 0.2) is 5.76 Å². The Morgan fingerprint density at radius 2 is 1.89 bits per heavy atom. The predicted octanol–water partition coefficient (Wildman–Crippen LogP) is 1.69. The van der Waals surface area contributed by atoms with Crippen LogP contribution in [-0.4, -0.2) is 26.0 Å². The Bertz CT molecular complexity index is 566. The maximum absolute atomic E-state index is 11.6. The first kappa shape index (κ1) is 12.9. The first-order valence-electron chi connectivity index (χ1n) is 5.52. The second-order valence-corrected chi connectivity index (χ2v) is 3.74. The Morgan fingerprint density at radius 3 is 2.47 bits per heavy atom. The van der Waals surface area contributed by atoms with Crippen molar-refractivity contribution >= 4 is 17.5 Å². The van der Waals surface area contributed by atoms with Crippen molar-refractivity contribution in [1.29, 1.82) is 0 Å². The lowest BCUT2D eigenvalue weighted by Gasteiger charge is -2.05. The molecule has 0 radical (unpaired) electrons. The third kappa shape index (κ3) is 2.82. The molecule has 0 aliphatic carbocycles. The average Bonchev–Trinajstić information content (AvgIpc) is 2.80. The smallest absolute Gasteiger partial charge is 0.334 e. The molecule has 1 aliphatic heterocycles. The average molecular weight is 260 g/mol. The van der Waals surface area contributed by atoms with Crippen molar-refractivity contribution in [3.63, 3.8) is 0 Å². The molecule has 0 unspecified atom stereocenters. The molecule has 2 rings (SSSR count). The standard InChI is InChI=1S/C14H12O5/c1-17-10-5-3-9(4-6-10)12-7-11(15)13(19-12)8-14(16)18-2/h3-8H,1-2H3. The maximum Gasteiger partial charge on any atom is 0.334 e. The van der Waals surface area contributed by atoms with Gasteiger partial charge in [0.05, 0.1) is 20.3 Å². The topological polar surface area (TPSA) is 61.8 Å². The number of rotatable bonds is 3. The Morgan fingerprint density at radius 1 is 1.21 bits per heavy atom. The summed E-state index contributed by atoms with van der Waals surface area (Å²) < 4.78 is 14.8. The van der Waals surface area contributed by atoms with E-state index >= 15 is 0 Å². The van der Waals surface area contributed by atoms with Gasteiger partial charge >= 0.3 is 5.97 Å². The van der Waals surface area contributed by atoms with Gasteiger partial charge in [0.1, 0.15) is 11.5 Å². The van der Waals surface area contributed by atoms with Crippen LogP contribution in [0.25, 0.3) is 5.76 Å². The van der Waals surface area contributed by atoms with Gasteiger partial charge in [-0.2, -0.15) is 0 Å². The second kappa shape index (κ2) is 5.39. The molecule has 19 heavy (non-hydrogen) atoms. The summed E-state index contributed by atoms with van der Waals surface area (Å²) in [6.45, 7) is 0. The van der Waals surface area contributed by atoms with E-state index in [-0.39, 0.29) is 11.5 Å². The Hall–Kier alpha value is -2.56. The number of ether oxygens (including phenoxy) is 3. The summed E-state index contributed by atoms with van der Waals surface area (Å²) in [5.41, 5.74) is 0.724. The molecule has 0 bridgehead atoms. The van der Waals surface area contributed by atoms with Gasteiger partial charge in [0.2, 0.25) is 5.78 Å². The molecule has 1 aromatic carbocycles. The molecule has 5 heteroatoms. The molecule has 0 fully saturated rings. The predicted molar refractivity (Wildman–Crippen MR) is 67.2 cm³/mol. The van der Waals surface area contributed by atoms with Gasteiger partial charge in [-0.05, 0) is 24.3 Å². The van der Waals surface area contributed by atoms with Crippen LogP contribution < -0.4 is 4.74 Å². The van der Waals surface area contributed by atoms with Crippen LogP contribution in [0, 0.1) is 0 Å². The highest BCUT2D eigenvalue weighted by Crippen LogP contribution is 2.27. The molecular formula is C14H12O5. The fraction of sp³-hybridized carbons (Fsp3) is 0.143. The molecule has 1 heterocycles. The van der Waals surface area contributed by atoms with Crippen molar-refractivity contribution in [1.82, 2.24) is 0 Å². The number of hydrogen-bond acceptors (Lipinski definition) is 5. The summed E-state index contributed by atoms with van der Waals surface area (Å²) in [4.78, 5) is 22.7. The van der Waals surface area contributed by atoms with Gasteiger partial charge in [-0.15, -0.1) is 0 Å². The van der Waals surface area contributed by atoms with Crippen molar-refractivity contribution in [3.05, 3.63) is 47.7 Å². The van der Waals surface area contributed by atoms with Gasteiger partial charge in [0, 0.05) is 11.6 Å². The zero-order valence-corrected chi connectivity index (χ0v) is 10.5. The van der Waals surface area contributed by atoms with Gasteiger partial charge in [0.25, 0.3) is 0 Å². The molecule has 0 saturated heterocycles. The zero-order valence-electron chi connectivity index (χ0n) is 10.5. The van der Waals surface area contributed by atoms with E-state index in [0.717, 1.165) is 11.6 Å². The van der Waals surface area contributed by atoms with E-state index in [1.165, 1.54) is 13.2 Å². The van der Waals surface area contributed by atoms with E-state index in [0.29, 0.717) is 11.5 Å². The molecule has 0 aromatic heterocycles. The molecule has 0 amide bonds. The van der Waals surface area contributed by atoms with E-state index in [1.54, 1.807) is 31.4 Å². The van der Waals surface area contributed by atoms with Crippen LogP contribution in [0.5, 0.6) is 5.75 Å². The van der Waals surface area contributed by atoms with E-state index in [4.69, 9.17) is 9.47 Å². The number of methoxy groups -OCH3 is 2. The Labute approximate surface area is 110 Å². The van der Waals surface area contributed by atoms with Crippen LogP contribution in [0.15, 0.2) is 42.2 Å². The van der Waals surface area contributed by atoms with Crippen molar-refractivity contribution < 1.29 is 23.8 Å². The molecular weight excluding hydrogens is 248 g/mol. The maximum atomic E-state index is 11.6. The minimum absolute atomic E-state index is 0.0438. The number of ketones is 1. The SMILES string of the molecule is COC(=O)C=C1OC(c2ccc(OC)cc2)=CC1=O. The molecule has 1 aromatic rings. The summed E-state index contributed by atoms with van der Waals surface area (Å²) in [5, 5.41) is 0. The van der Waals surface area contributed by atoms with Crippen molar-refractivity contribution in [3.8, 4) is 5.75 Å². The zero-order chi connectivity index (χ0) is 13.8. The molecule has 0 spiro atoms. The first-order chi connectivity index (χ1) is 9.13. The summed E-state index contributed by atoms with van der Waals surface area (Å²) >= 11 is 0. The van der Waals surface area contributed by atoms with Crippen LogP contribution in [0.2, 0.25) is 0 Å². The number of carbonyl (C=O) groups is 2. The van der Waals surface area contributed by atoms with Crippen LogP contribution in [0.1, 0.15) is 5.56 Å². The van der Waals surface area contributed by atoms with Crippen LogP contribution in [0.4, 0.5) is 0 Å². The largest absolute Gasteiger partial charge is 0.497 e. The summed E-state index contributed by atoms with van der Waals surface area (Å²) in [6, 6.07) is 7.04. The minimum atomic E-state index is -0.632. The highest BCUT2D eigenvalue weighted by Gasteiger charge is 2.23. The van der Waals surface area contributed by atoms with Crippen LogP contribution in [0.3, 0.4) is 0 Å². The number of esters is 1. The quantitative estimate of drug-likeness (QED) is 0.611. The first-order valence-corrected chi connectivity index (χ1v) is 5.52. The van der Waals surface area contributed by atoms with Crippen LogP contribution in [-0.2, 0) is 19.1 Å². The summed E-state index contributed by atoms with van der Waals surface area (Å²) in [6.07, 6.45) is 2.35. The second-order valence-electron chi connectivity index (χ2n) is 3.74. The number of hydrogen-bond donors (Lipinski definition) is 0. The highest BCUT2D eigenvalue weighted by molar-refractivity contribution is 6.12. The van der Waals surface area contributed by atoms with Gasteiger partial charge < -0.3 is 14.2 Å². The van der Waals surface area contributed by atoms with Gasteiger partial charge in [-0.25, -0.2) is 4.79 Å². The molecule has 0 N–H and O–H groups in total. The fourth-order valence-corrected chi connectivity index (χ4v) is 1.55. The monoisotopic (exact) mass is 260 g/mol. The third-order valence-corrected chi connectivity index (χ3v) is 2.55. The fourth-order valence-electron chi connectivity index (χ4n) is 1.55. The Balaban J connectivity index is 2.19. The number of allylic oxidation sites excluding steroid dienone is 1.